The molecule has 0 saturated carbocycles. The van der Waals surface area contributed by atoms with Gasteiger partial charge in [-0.2, -0.15) is 0 Å². The van der Waals surface area contributed by atoms with E-state index in [1.54, 1.807) is 35.2 Å². The fraction of sp³-hybridized carbons (Fsp3) is 0.263. The Bertz CT molecular complexity index is 817. The standard InChI is InChI=1S/C19H18N2O4/c22-18-2-1-9-21(18)15-6-3-13(4-7-15)19(23)20-14-5-8-16-17(12-14)25-11-10-24-16/h3-8,12H,1-2,9-11H2,(H,20,23). The van der Waals surface area contributed by atoms with Gasteiger partial charge < -0.3 is 19.7 Å². The maximum absolute atomic E-state index is 12.4. The molecule has 1 saturated heterocycles. The van der Waals surface area contributed by atoms with Crippen LogP contribution in [0.2, 0.25) is 0 Å². The predicted molar refractivity (Wildman–Crippen MR) is 93.4 cm³/mol. The van der Waals surface area contributed by atoms with E-state index in [1.807, 2.05) is 12.1 Å². The molecule has 0 spiro atoms. The van der Waals surface area contributed by atoms with Crippen LogP contribution < -0.4 is 19.7 Å². The van der Waals surface area contributed by atoms with Gasteiger partial charge in [0.05, 0.1) is 0 Å². The highest BCUT2D eigenvalue weighted by Crippen LogP contribution is 2.32. The number of rotatable bonds is 3. The first kappa shape index (κ1) is 15.5. The lowest BCUT2D eigenvalue weighted by molar-refractivity contribution is -0.117. The van der Waals surface area contributed by atoms with E-state index in [2.05, 4.69) is 5.32 Å². The summed E-state index contributed by atoms with van der Waals surface area (Å²) in [5.41, 5.74) is 2.01. The second-order valence-corrected chi connectivity index (χ2v) is 6.01. The fourth-order valence-electron chi connectivity index (χ4n) is 3.04. The number of amides is 2. The number of carbonyl (C=O) groups is 2. The highest BCUT2D eigenvalue weighted by molar-refractivity contribution is 6.05. The molecule has 0 aliphatic carbocycles. The van der Waals surface area contributed by atoms with Gasteiger partial charge in [0.25, 0.3) is 5.91 Å². The lowest BCUT2D eigenvalue weighted by Crippen LogP contribution is -2.23. The van der Waals surface area contributed by atoms with Crippen molar-refractivity contribution in [3.05, 3.63) is 48.0 Å². The molecule has 0 radical (unpaired) electrons. The quantitative estimate of drug-likeness (QED) is 0.934. The van der Waals surface area contributed by atoms with E-state index in [9.17, 15) is 9.59 Å². The Morgan fingerprint density at radius 2 is 1.76 bits per heavy atom. The molecule has 2 aliphatic heterocycles. The van der Waals surface area contributed by atoms with E-state index < -0.39 is 0 Å². The number of benzene rings is 2. The Labute approximate surface area is 145 Å². The summed E-state index contributed by atoms with van der Waals surface area (Å²) in [5, 5.41) is 2.85. The number of hydrogen-bond donors (Lipinski definition) is 1. The Kier molecular flexibility index (Phi) is 4.01. The van der Waals surface area contributed by atoms with Crippen LogP contribution in [0.25, 0.3) is 0 Å². The van der Waals surface area contributed by atoms with Gasteiger partial charge in [0.2, 0.25) is 5.91 Å². The summed E-state index contributed by atoms with van der Waals surface area (Å²) in [4.78, 5) is 25.9. The van der Waals surface area contributed by atoms with Crippen LogP contribution in [0.1, 0.15) is 23.2 Å². The molecule has 0 bridgehead atoms. The molecular formula is C19H18N2O4. The Morgan fingerprint density at radius 3 is 2.48 bits per heavy atom. The molecule has 128 valence electrons. The number of carbonyl (C=O) groups excluding carboxylic acids is 2. The Morgan fingerprint density at radius 1 is 1.00 bits per heavy atom. The van der Waals surface area contributed by atoms with Crippen LogP contribution in [0.3, 0.4) is 0 Å². The molecule has 4 rings (SSSR count). The van der Waals surface area contributed by atoms with E-state index in [1.165, 1.54) is 0 Å². The van der Waals surface area contributed by atoms with Gasteiger partial charge in [0, 0.05) is 36.0 Å². The molecule has 0 unspecified atom stereocenters. The van der Waals surface area contributed by atoms with Gasteiger partial charge in [-0.3, -0.25) is 9.59 Å². The van der Waals surface area contributed by atoms with Crippen LogP contribution in [-0.4, -0.2) is 31.6 Å². The van der Waals surface area contributed by atoms with E-state index >= 15 is 0 Å². The van der Waals surface area contributed by atoms with Crippen molar-refractivity contribution in [3.8, 4) is 11.5 Å². The largest absolute Gasteiger partial charge is 0.486 e. The normalized spacial score (nSPS) is 16.0. The van der Waals surface area contributed by atoms with E-state index in [4.69, 9.17) is 9.47 Å². The Balaban J connectivity index is 1.47. The molecule has 6 nitrogen and oxygen atoms in total. The number of ether oxygens (including phenoxy) is 2. The van der Waals surface area contributed by atoms with Crippen molar-refractivity contribution < 1.29 is 19.1 Å². The topological polar surface area (TPSA) is 67.9 Å². The van der Waals surface area contributed by atoms with Crippen molar-refractivity contribution in [1.29, 1.82) is 0 Å². The summed E-state index contributed by atoms with van der Waals surface area (Å²) < 4.78 is 11.0. The SMILES string of the molecule is O=C(Nc1ccc2c(c1)OCCO2)c1ccc(N2CCCC2=O)cc1. The second kappa shape index (κ2) is 6.47. The van der Waals surface area contributed by atoms with Crippen LogP contribution in [0.4, 0.5) is 11.4 Å². The molecule has 1 fully saturated rings. The molecule has 2 aromatic carbocycles. The predicted octanol–water partition coefficient (Wildman–Crippen LogP) is 2.84. The summed E-state index contributed by atoms with van der Waals surface area (Å²) in [6, 6.07) is 12.4. The first-order valence-corrected chi connectivity index (χ1v) is 8.32. The average Bonchev–Trinajstić information content (AvgIpc) is 3.08. The van der Waals surface area contributed by atoms with Crippen molar-refractivity contribution in [2.75, 3.05) is 30.0 Å². The van der Waals surface area contributed by atoms with Crippen molar-refractivity contribution in [2.24, 2.45) is 0 Å². The number of anilines is 2. The lowest BCUT2D eigenvalue weighted by atomic mass is 10.1. The van der Waals surface area contributed by atoms with E-state index in [-0.39, 0.29) is 11.8 Å². The second-order valence-electron chi connectivity index (χ2n) is 6.01. The van der Waals surface area contributed by atoms with Crippen LogP contribution in [0.5, 0.6) is 11.5 Å². The molecule has 1 N–H and O–H groups in total. The molecule has 25 heavy (non-hydrogen) atoms. The summed E-state index contributed by atoms with van der Waals surface area (Å²) in [6.45, 7) is 1.77. The maximum Gasteiger partial charge on any atom is 0.255 e. The number of hydrogen-bond acceptors (Lipinski definition) is 4. The zero-order valence-corrected chi connectivity index (χ0v) is 13.7. The van der Waals surface area contributed by atoms with Gasteiger partial charge >= 0.3 is 0 Å². The van der Waals surface area contributed by atoms with Crippen molar-refractivity contribution in [3.63, 3.8) is 0 Å². The minimum atomic E-state index is -0.212. The monoisotopic (exact) mass is 338 g/mol. The van der Waals surface area contributed by atoms with E-state index in [0.717, 1.165) is 18.7 Å². The van der Waals surface area contributed by atoms with Crippen LogP contribution >= 0.6 is 0 Å². The number of fused-ring (bicyclic) bond motifs is 1. The van der Waals surface area contributed by atoms with Crippen molar-refractivity contribution in [1.82, 2.24) is 0 Å². The molecule has 0 aromatic heterocycles. The first-order chi connectivity index (χ1) is 12.2. The molecule has 2 aromatic rings. The summed E-state index contributed by atoms with van der Waals surface area (Å²) in [5.74, 6) is 1.24. The van der Waals surface area contributed by atoms with Crippen LogP contribution in [0, 0.1) is 0 Å². The number of nitrogens with one attached hydrogen (secondary N) is 1. The third-order valence-electron chi connectivity index (χ3n) is 4.31. The molecule has 2 aliphatic rings. The summed E-state index contributed by atoms with van der Waals surface area (Å²) in [6.07, 6.45) is 1.47. The Hall–Kier alpha value is -3.02. The molecule has 6 heteroatoms. The maximum atomic E-state index is 12.4. The van der Waals surface area contributed by atoms with Crippen LogP contribution in [-0.2, 0) is 4.79 Å². The molecule has 2 heterocycles. The zero-order valence-electron chi connectivity index (χ0n) is 13.7. The minimum absolute atomic E-state index is 0.133. The minimum Gasteiger partial charge on any atom is -0.486 e. The van der Waals surface area contributed by atoms with Crippen molar-refractivity contribution >= 4 is 23.2 Å². The van der Waals surface area contributed by atoms with Gasteiger partial charge in [-0.25, -0.2) is 0 Å². The number of nitrogens with zero attached hydrogens (tertiary/aromatic N) is 1. The zero-order chi connectivity index (χ0) is 17.2. The summed E-state index contributed by atoms with van der Waals surface area (Å²) in [7, 11) is 0. The molecule has 0 atom stereocenters. The van der Waals surface area contributed by atoms with E-state index in [0.29, 0.717) is 42.4 Å². The fourth-order valence-corrected chi connectivity index (χ4v) is 3.04. The third kappa shape index (κ3) is 3.15. The first-order valence-electron chi connectivity index (χ1n) is 8.32. The van der Waals surface area contributed by atoms with Gasteiger partial charge in [-0.05, 0) is 42.8 Å². The van der Waals surface area contributed by atoms with Gasteiger partial charge in [-0.1, -0.05) is 0 Å². The summed E-state index contributed by atoms with van der Waals surface area (Å²) >= 11 is 0. The molecule has 2 amide bonds. The van der Waals surface area contributed by atoms with Gasteiger partial charge in [0.15, 0.2) is 11.5 Å². The lowest BCUT2D eigenvalue weighted by Gasteiger charge is -2.19. The molecular weight excluding hydrogens is 320 g/mol. The van der Waals surface area contributed by atoms with Crippen molar-refractivity contribution in [2.45, 2.75) is 12.8 Å². The highest BCUT2D eigenvalue weighted by atomic mass is 16.6. The third-order valence-corrected chi connectivity index (χ3v) is 4.31. The smallest absolute Gasteiger partial charge is 0.255 e. The van der Waals surface area contributed by atoms with Crippen LogP contribution in [0.15, 0.2) is 42.5 Å². The highest BCUT2D eigenvalue weighted by Gasteiger charge is 2.21. The average molecular weight is 338 g/mol. The van der Waals surface area contributed by atoms with Gasteiger partial charge in [-0.15, -0.1) is 0 Å². The van der Waals surface area contributed by atoms with Gasteiger partial charge in [0.1, 0.15) is 13.2 Å².